The summed E-state index contributed by atoms with van der Waals surface area (Å²) in [5, 5.41) is 12.4. The number of carbonyl (C=O) groups excluding carboxylic acids is 1. The number of carbonyl (C=O) groups is 2. The molecule has 1 saturated carbocycles. The van der Waals surface area contributed by atoms with Gasteiger partial charge in [0, 0.05) is 6.54 Å². The van der Waals surface area contributed by atoms with Crippen LogP contribution in [0.4, 0.5) is 0 Å². The molecule has 1 aliphatic heterocycles. The number of benzene rings is 2. The van der Waals surface area contributed by atoms with Gasteiger partial charge in [0.25, 0.3) is 0 Å². The van der Waals surface area contributed by atoms with Crippen LogP contribution in [-0.4, -0.2) is 41.5 Å². The van der Waals surface area contributed by atoms with E-state index in [4.69, 9.17) is 5.11 Å². The summed E-state index contributed by atoms with van der Waals surface area (Å²) in [4.78, 5) is 26.8. The number of nitrogens with zero attached hydrogens (tertiary/aromatic N) is 1. The molecule has 0 bridgehead atoms. The molecule has 29 heavy (non-hydrogen) atoms. The number of rotatable bonds is 7. The molecule has 0 unspecified atom stereocenters. The summed E-state index contributed by atoms with van der Waals surface area (Å²) in [6, 6.07) is 16.9. The smallest absolute Gasteiger partial charge is 0.335 e. The topological polar surface area (TPSA) is 69.6 Å². The van der Waals surface area contributed by atoms with E-state index in [1.54, 1.807) is 24.3 Å². The highest BCUT2D eigenvalue weighted by Crippen LogP contribution is 2.48. The molecule has 2 aromatic rings. The lowest BCUT2D eigenvalue weighted by atomic mass is 9.93. The molecule has 2 N–H and O–H groups in total. The second-order valence-electron chi connectivity index (χ2n) is 7.91. The first kappa shape index (κ1) is 21.4. The Labute approximate surface area is 178 Å². The number of carboxylic acids is 1. The average molecular weight is 413 g/mol. The molecular formula is C23H28N2O3S. The van der Waals surface area contributed by atoms with Gasteiger partial charge in [0.15, 0.2) is 0 Å². The van der Waals surface area contributed by atoms with Crippen LogP contribution >= 0.6 is 13.5 Å². The van der Waals surface area contributed by atoms with E-state index in [9.17, 15) is 9.59 Å². The Morgan fingerprint density at radius 3 is 2.17 bits per heavy atom. The highest BCUT2D eigenvalue weighted by Gasteiger charge is 2.51. The SMILES string of the molecule is O=C(O)c1ccc(C2(C(=O)N[C@H](CN3CCCC3)c3ccccc3)CC2)cc1.S. The van der Waals surface area contributed by atoms with Gasteiger partial charge in [-0.1, -0.05) is 42.5 Å². The van der Waals surface area contributed by atoms with Crippen molar-refractivity contribution in [1.82, 2.24) is 10.2 Å². The van der Waals surface area contributed by atoms with E-state index in [1.165, 1.54) is 12.8 Å². The van der Waals surface area contributed by atoms with Crippen LogP contribution < -0.4 is 5.32 Å². The van der Waals surface area contributed by atoms with E-state index in [0.29, 0.717) is 0 Å². The van der Waals surface area contributed by atoms with Gasteiger partial charge >= 0.3 is 5.97 Å². The van der Waals surface area contributed by atoms with Gasteiger partial charge in [0.1, 0.15) is 0 Å². The fourth-order valence-electron chi connectivity index (χ4n) is 4.14. The predicted octanol–water partition coefficient (Wildman–Crippen LogP) is 3.48. The molecule has 0 radical (unpaired) electrons. The second kappa shape index (κ2) is 9.01. The summed E-state index contributed by atoms with van der Waals surface area (Å²) in [7, 11) is 0. The first-order valence-electron chi connectivity index (χ1n) is 10.0. The maximum absolute atomic E-state index is 13.3. The molecule has 2 fully saturated rings. The van der Waals surface area contributed by atoms with E-state index in [-0.39, 0.29) is 31.0 Å². The van der Waals surface area contributed by atoms with Crippen molar-refractivity contribution in [1.29, 1.82) is 0 Å². The number of hydrogen-bond acceptors (Lipinski definition) is 3. The minimum Gasteiger partial charge on any atom is -0.478 e. The molecule has 6 heteroatoms. The third kappa shape index (κ3) is 4.65. The molecule has 1 heterocycles. The normalized spacial score (nSPS) is 18.5. The lowest BCUT2D eigenvalue weighted by Crippen LogP contribution is -2.41. The Kier molecular flexibility index (Phi) is 6.65. The van der Waals surface area contributed by atoms with E-state index in [0.717, 1.165) is 43.6 Å². The number of carboxylic acid groups (broad SMARTS) is 1. The summed E-state index contributed by atoms with van der Waals surface area (Å²) in [6.07, 6.45) is 4.04. The van der Waals surface area contributed by atoms with Gasteiger partial charge in [0.2, 0.25) is 5.91 Å². The molecule has 2 aromatic carbocycles. The fraction of sp³-hybridized carbons (Fsp3) is 0.391. The van der Waals surface area contributed by atoms with Gasteiger partial charge in [-0.25, -0.2) is 4.79 Å². The molecule has 5 nitrogen and oxygen atoms in total. The van der Waals surface area contributed by atoms with Crippen LogP contribution in [0, 0.1) is 0 Å². The van der Waals surface area contributed by atoms with E-state index >= 15 is 0 Å². The lowest BCUT2D eigenvalue weighted by molar-refractivity contribution is -0.124. The van der Waals surface area contributed by atoms with Gasteiger partial charge in [-0.3, -0.25) is 4.79 Å². The van der Waals surface area contributed by atoms with Crippen LogP contribution in [-0.2, 0) is 10.2 Å². The van der Waals surface area contributed by atoms with Crippen molar-refractivity contribution in [3.63, 3.8) is 0 Å². The van der Waals surface area contributed by atoms with Crippen molar-refractivity contribution in [3.8, 4) is 0 Å². The van der Waals surface area contributed by atoms with Crippen molar-refractivity contribution in [3.05, 3.63) is 71.3 Å². The monoisotopic (exact) mass is 412 g/mol. The number of nitrogens with one attached hydrogen (secondary N) is 1. The zero-order chi connectivity index (χ0) is 19.6. The number of hydrogen-bond donors (Lipinski definition) is 2. The van der Waals surface area contributed by atoms with Gasteiger partial charge in [-0.15, -0.1) is 0 Å². The molecule has 4 rings (SSSR count). The molecule has 1 atom stereocenters. The van der Waals surface area contributed by atoms with Gasteiger partial charge in [0.05, 0.1) is 17.0 Å². The lowest BCUT2D eigenvalue weighted by Gasteiger charge is -2.27. The molecule has 1 aliphatic carbocycles. The second-order valence-corrected chi connectivity index (χ2v) is 7.91. The molecule has 2 aliphatic rings. The first-order chi connectivity index (χ1) is 13.6. The van der Waals surface area contributed by atoms with Gasteiger partial charge in [-0.05, 0) is 62.0 Å². The molecule has 154 valence electrons. The van der Waals surface area contributed by atoms with Gasteiger partial charge < -0.3 is 15.3 Å². The minimum absolute atomic E-state index is 0. The maximum Gasteiger partial charge on any atom is 0.335 e. The van der Waals surface area contributed by atoms with Gasteiger partial charge in [-0.2, -0.15) is 13.5 Å². The average Bonchev–Trinajstić information content (AvgIpc) is 3.38. The van der Waals surface area contributed by atoms with Crippen LogP contribution in [0.25, 0.3) is 0 Å². The third-order valence-corrected chi connectivity index (χ3v) is 6.02. The van der Waals surface area contributed by atoms with E-state index in [2.05, 4.69) is 22.3 Å². The molecule has 0 aromatic heterocycles. The zero-order valence-corrected chi connectivity index (χ0v) is 17.4. The fourth-order valence-corrected chi connectivity index (χ4v) is 4.14. The standard InChI is InChI=1S/C23H26N2O3.H2S/c26-21(27)18-8-10-19(11-9-18)23(12-13-23)22(28)24-20(16-25-14-4-5-15-25)17-6-2-1-3-7-17;/h1-3,6-11,20H,4-5,12-16H2,(H,24,28)(H,26,27);1H2/t20-;/m1./s1. The van der Waals surface area contributed by atoms with E-state index in [1.807, 2.05) is 18.2 Å². The van der Waals surface area contributed by atoms with Crippen molar-refractivity contribution >= 4 is 25.4 Å². The summed E-state index contributed by atoms with van der Waals surface area (Å²) in [5.41, 5.74) is 1.76. The Hall–Kier alpha value is -2.31. The van der Waals surface area contributed by atoms with E-state index < -0.39 is 11.4 Å². The largest absolute Gasteiger partial charge is 0.478 e. The third-order valence-electron chi connectivity index (χ3n) is 6.02. The summed E-state index contributed by atoms with van der Waals surface area (Å²) in [6.45, 7) is 2.99. The summed E-state index contributed by atoms with van der Waals surface area (Å²) < 4.78 is 0. The molecule has 1 saturated heterocycles. The van der Waals surface area contributed by atoms with Crippen LogP contribution in [0.5, 0.6) is 0 Å². The Morgan fingerprint density at radius 2 is 1.62 bits per heavy atom. The summed E-state index contributed by atoms with van der Waals surface area (Å²) >= 11 is 0. The Balaban J connectivity index is 0.00000240. The van der Waals surface area contributed by atoms with Crippen molar-refractivity contribution in [2.45, 2.75) is 37.1 Å². The summed E-state index contributed by atoms with van der Waals surface area (Å²) in [5.74, 6) is -0.903. The van der Waals surface area contributed by atoms with Crippen LogP contribution in [0.15, 0.2) is 54.6 Å². The highest BCUT2D eigenvalue weighted by atomic mass is 32.1. The zero-order valence-electron chi connectivity index (χ0n) is 16.4. The molecule has 0 spiro atoms. The Bertz CT molecular complexity index is 844. The number of aromatic carboxylic acids is 1. The number of likely N-dealkylation sites (tertiary alicyclic amines) is 1. The predicted molar refractivity (Wildman–Crippen MR) is 118 cm³/mol. The molecule has 1 amide bonds. The highest BCUT2D eigenvalue weighted by molar-refractivity contribution is 7.59. The number of amides is 1. The quantitative estimate of drug-likeness (QED) is 0.731. The van der Waals surface area contributed by atoms with Crippen molar-refractivity contribution in [2.24, 2.45) is 0 Å². The van der Waals surface area contributed by atoms with Crippen LogP contribution in [0.2, 0.25) is 0 Å². The molecular weight excluding hydrogens is 384 g/mol. The van der Waals surface area contributed by atoms with Crippen molar-refractivity contribution < 1.29 is 14.7 Å². The Morgan fingerprint density at radius 1 is 1.00 bits per heavy atom. The van der Waals surface area contributed by atoms with Crippen molar-refractivity contribution in [2.75, 3.05) is 19.6 Å². The maximum atomic E-state index is 13.3. The minimum atomic E-state index is -0.949. The van der Waals surface area contributed by atoms with Crippen LogP contribution in [0.1, 0.15) is 53.2 Å². The first-order valence-corrected chi connectivity index (χ1v) is 10.0. The van der Waals surface area contributed by atoms with Crippen LogP contribution in [0.3, 0.4) is 0 Å².